The summed E-state index contributed by atoms with van der Waals surface area (Å²) in [6, 6.07) is 14.0. The van der Waals surface area contributed by atoms with Crippen LogP contribution in [-0.4, -0.2) is 25.6 Å². The van der Waals surface area contributed by atoms with Gasteiger partial charge in [-0.3, -0.25) is 4.79 Å². The van der Waals surface area contributed by atoms with Gasteiger partial charge in [-0.15, -0.1) is 0 Å². The van der Waals surface area contributed by atoms with E-state index >= 15 is 0 Å². The van der Waals surface area contributed by atoms with Crippen molar-refractivity contribution < 1.29 is 13.9 Å². The Balaban J connectivity index is 1.63. The molecule has 0 radical (unpaired) electrons. The number of halogens is 1. The Morgan fingerprint density at radius 2 is 1.83 bits per heavy atom. The van der Waals surface area contributed by atoms with Crippen LogP contribution in [0.2, 0.25) is 0 Å². The maximum Gasteiger partial charge on any atom is 0.225 e. The molecule has 0 aliphatic rings. The zero-order valence-corrected chi connectivity index (χ0v) is 13.8. The van der Waals surface area contributed by atoms with E-state index in [4.69, 9.17) is 4.74 Å². The lowest BCUT2D eigenvalue weighted by Crippen LogP contribution is -2.23. The van der Waals surface area contributed by atoms with Crippen LogP contribution in [0.15, 0.2) is 48.5 Å². The third-order valence-corrected chi connectivity index (χ3v) is 3.51. The van der Waals surface area contributed by atoms with Crippen molar-refractivity contribution in [3.63, 3.8) is 0 Å². The van der Waals surface area contributed by atoms with Crippen molar-refractivity contribution in [2.24, 2.45) is 0 Å². The molecule has 0 saturated heterocycles. The Hall–Kier alpha value is -2.40. The largest absolute Gasteiger partial charge is 0.494 e. The SMILES string of the molecule is CCOc1ccc(NC(=O)CCNCCc2ccccc2F)cc1. The summed E-state index contributed by atoms with van der Waals surface area (Å²) >= 11 is 0. The molecule has 2 aromatic rings. The maximum absolute atomic E-state index is 13.4. The second kappa shape index (κ2) is 9.67. The Kier molecular flexibility index (Phi) is 7.23. The number of benzene rings is 2. The number of amides is 1. The molecule has 0 spiro atoms. The monoisotopic (exact) mass is 330 g/mol. The highest BCUT2D eigenvalue weighted by Crippen LogP contribution is 2.15. The second-order valence-electron chi connectivity index (χ2n) is 5.35. The van der Waals surface area contributed by atoms with Gasteiger partial charge in [0.15, 0.2) is 0 Å². The molecule has 1 amide bonds. The summed E-state index contributed by atoms with van der Waals surface area (Å²) in [6.45, 7) is 3.73. The predicted molar refractivity (Wildman–Crippen MR) is 93.8 cm³/mol. The molecule has 5 heteroatoms. The number of nitrogens with one attached hydrogen (secondary N) is 2. The smallest absolute Gasteiger partial charge is 0.225 e. The normalized spacial score (nSPS) is 10.4. The first-order chi connectivity index (χ1) is 11.7. The molecule has 0 bridgehead atoms. The zero-order chi connectivity index (χ0) is 17.2. The molecule has 24 heavy (non-hydrogen) atoms. The van der Waals surface area contributed by atoms with Crippen LogP contribution in [0.3, 0.4) is 0 Å². The van der Waals surface area contributed by atoms with Gasteiger partial charge in [-0.1, -0.05) is 18.2 Å². The molecule has 128 valence electrons. The number of carbonyl (C=O) groups is 1. The van der Waals surface area contributed by atoms with E-state index in [0.29, 0.717) is 38.1 Å². The van der Waals surface area contributed by atoms with Crippen LogP contribution in [0.25, 0.3) is 0 Å². The number of carbonyl (C=O) groups excluding carboxylic acids is 1. The predicted octanol–water partition coefficient (Wildman–Crippen LogP) is 3.39. The first kappa shape index (κ1) is 17.9. The molecule has 4 nitrogen and oxygen atoms in total. The van der Waals surface area contributed by atoms with E-state index in [0.717, 1.165) is 11.4 Å². The number of ether oxygens (including phenoxy) is 1. The fourth-order valence-corrected chi connectivity index (χ4v) is 2.28. The number of rotatable bonds is 9. The van der Waals surface area contributed by atoms with Gasteiger partial charge in [0.05, 0.1) is 6.61 Å². The molecule has 0 atom stereocenters. The summed E-state index contributed by atoms with van der Waals surface area (Å²) in [5, 5.41) is 5.99. The van der Waals surface area contributed by atoms with Crippen LogP contribution >= 0.6 is 0 Å². The lowest BCUT2D eigenvalue weighted by molar-refractivity contribution is -0.116. The van der Waals surface area contributed by atoms with Gasteiger partial charge in [-0.05, 0) is 55.8 Å². The molecule has 2 rings (SSSR count). The van der Waals surface area contributed by atoms with E-state index in [1.807, 2.05) is 37.3 Å². The van der Waals surface area contributed by atoms with Gasteiger partial charge in [-0.25, -0.2) is 4.39 Å². The van der Waals surface area contributed by atoms with Crippen molar-refractivity contribution in [1.82, 2.24) is 5.32 Å². The van der Waals surface area contributed by atoms with Crippen molar-refractivity contribution in [2.75, 3.05) is 25.0 Å². The van der Waals surface area contributed by atoms with Crippen LogP contribution in [0.1, 0.15) is 18.9 Å². The van der Waals surface area contributed by atoms with E-state index in [9.17, 15) is 9.18 Å². The van der Waals surface area contributed by atoms with Crippen LogP contribution in [0, 0.1) is 5.82 Å². The van der Waals surface area contributed by atoms with Crippen molar-refractivity contribution in [2.45, 2.75) is 19.8 Å². The van der Waals surface area contributed by atoms with Gasteiger partial charge in [0.2, 0.25) is 5.91 Å². The summed E-state index contributed by atoms with van der Waals surface area (Å²) < 4.78 is 18.8. The first-order valence-corrected chi connectivity index (χ1v) is 8.16. The minimum absolute atomic E-state index is 0.0578. The Morgan fingerprint density at radius 1 is 1.08 bits per heavy atom. The fraction of sp³-hybridized carbons (Fsp3) is 0.316. The summed E-state index contributed by atoms with van der Waals surface area (Å²) in [6.07, 6.45) is 0.970. The molecule has 0 aliphatic heterocycles. The topological polar surface area (TPSA) is 50.4 Å². The van der Waals surface area contributed by atoms with Gasteiger partial charge >= 0.3 is 0 Å². The zero-order valence-electron chi connectivity index (χ0n) is 13.8. The van der Waals surface area contributed by atoms with E-state index in [1.54, 1.807) is 12.1 Å². The van der Waals surface area contributed by atoms with Crippen molar-refractivity contribution in [1.29, 1.82) is 0 Å². The van der Waals surface area contributed by atoms with Crippen molar-refractivity contribution in [3.05, 3.63) is 59.9 Å². The van der Waals surface area contributed by atoms with E-state index in [1.165, 1.54) is 6.07 Å². The Bertz CT molecular complexity index is 644. The second-order valence-corrected chi connectivity index (χ2v) is 5.35. The molecule has 0 aromatic heterocycles. The van der Waals surface area contributed by atoms with Crippen molar-refractivity contribution in [3.8, 4) is 5.75 Å². The maximum atomic E-state index is 13.4. The summed E-state index contributed by atoms with van der Waals surface area (Å²) in [5.74, 6) is 0.537. The molecule has 0 saturated carbocycles. The highest BCUT2D eigenvalue weighted by atomic mass is 19.1. The molecule has 0 unspecified atom stereocenters. The van der Waals surface area contributed by atoms with E-state index < -0.39 is 0 Å². The standard InChI is InChI=1S/C19H23FN2O2/c1-2-24-17-9-7-16(8-10-17)22-19(23)12-14-21-13-11-15-5-3-4-6-18(15)20/h3-10,21H,2,11-14H2,1H3,(H,22,23). The van der Waals surface area contributed by atoms with Gasteiger partial charge < -0.3 is 15.4 Å². The molecule has 0 fully saturated rings. The lowest BCUT2D eigenvalue weighted by Gasteiger charge is -2.08. The third kappa shape index (κ3) is 6.01. The van der Waals surface area contributed by atoms with Crippen molar-refractivity contribution >= 4 is 11.6 Å². The quantitative estimate of drug-likeness (QED) is 0.693. The average molecular weight is 330 g/mol. The molecule has 2 N–H and O–H groups in total. The summed E-state index contributed by atoms with van der Waals surface area (Å²) in [7, 11) is 0. The molecular formula is C19H23FN2O2. The minimum Gasteiger partial charge on any atom is -0.494 e. The van der Waals surface area contributed by atoms with Gasteiger partial charge in [0.1, 0.15) is 11.6 Å². The average Bonchev–Trinajstić information content (AvgIpc) is 2.58. The third-order valence-electron chi connectivity index (χ3n) is 3.51. The van der Waals surface area contributed by atoms with Crippen LogP contribution < -0.4 is 15.4 Å². The summed E-state index contributed by atoms with van der Waals surface area (Å²) in [4.78, 5) is 11.9. The Morgan fingerprint density at radius 3 is 2.54 bits per heavy atom. The van der Waals surface area contributed by atoms with Gasteiger partial charge in [-0.2, -0.15) is 0 Å². The number of hydrogen-bond donors (Lipinski definition) is 2. The van der Waals surface area contributed by atoms with E-state index in [2.05, 4.69) is 10.6 Å². The van der Waals surface area contributed by atoms with E-state index in [-0.39, 0.29) is 11.7 Å². The number of hydrogen-bond acceptors (Lipinski definition) is 3. The Labute approximate surface area is 142 Å². The molecule has 0 heterocycles. The lowest BCUT2D eigenvalue weighted by atomic mass is 10.1. The molecule has 0 aliphatic carbocycles. The molecule has 2 aromatic carbocycles. The van der Waals surface area contributed by atoms with Crippen LogP contribution in [-0.2, 0) is 11.2 Å². The number of anilines is 1. The van der Waals surface area contributed by atoms with Crippen LogP contribution in [0.4, 0.5) is 10.1 Å². The summed E-state index contributed by atoms with van der Waals surface area (Å²) in [5.41, 5.74) is 1.43. The molecular weight excluding hydrogens is 307 g/mol. The highest BCUT2D eigenvalue weighted by Gasteiger charge is 2.03. The highest BCUT2D eigenvalue weighted by molar-refractivity contribution is 5.90. The minimum atomic E-state index is -0.187. The van der Waals surface area contributed by atoms with Gasteiger partial charge in [0, 0.05) is 18.7 Å². The van der Waals surface area contributed by atoms with Gasteiger partial charge in [0.25, 0.3) is 0 Å². The first-order valence-electron chi connectivity index (χ1n) is 8.16. The fourth-order valence-electron chi connectivity index (χ4n) is 2.28. The van der Waals surface area contributed by atoms with Crippen LogP contribution in [0.5, 0.6) is 5.75 Å².